The molecule has 0 bridgehead atoms. The second-order valence-corrected chi connectivity index (χ2v) is 6.15. The highest BCUT2D eigenvalue weighted by atomic mass is 16.5. The van der Waals surface area contributed by atoms with Crippen LogP contribution < -0.4 is 10.1 Å². The lowest BCUT2D eigenvalue weighted by molar-refractivity contribution is 0.102. The Morgan fingerprint density at radius 2 is 1.73 bits per heavy atom. The van der Waals surface area contributed by atoms with Gasteiger partial charge in [-0.2, -0.15) is 0 Å². The van der Waals surface area contributed by atoms with Crippen LogP contribution in [0.3, 0.4) is 0 Å². The van der Waals surface area contributed by atoms with Crippen molar-refractivity contribution in [1.29, 1.82) is 0 Å². The normalized spacial score (nSPS) is 10.8. The summed E-state index contributed by atoms with van der Waals surface area (Å²) in [4.78, 5) is 12.3. The van der Waals surface area contributed by atoms with Crippen LogP contribution >= 0.6 is 0 Å². The number of nitrogens with one attached hydrogen (secondary N) is 1. The molecular weight excluding hydrogens is 330 g/mol. The van der Waals surface area contributed by atoms with Gasteiger partial charge in [0, 0.05) is 16.8 Å². The lowest BCUT2D eigenvalue weighted by Crippen LogP contribution is -2.12. The van der Waals surface area contributed by atoms with Crippen LogP contribution in [-0.2, 0) is 6.61 Å². The van der Waals surface area contributed by atoms with Gasteiger partial charge in [0.25, 0.3) is 5.91 Å². The van der Waals surface area contributed by atoms with E-state index in [0.717, 1.165) is 11.3 Å². The van der Waals surface area contributed by atoms with Gasteiger partial charge in [-0.25, -0.2) is 0 Å². The Morgan fingerprint density at radius 1 is 1.04 bits per heavy atom. The Hall–Kier alpha value is -3.05. The van der Waals surface area contributed by atoms with Gasteiger partial charge in [-0.05, 0) is 74.5 Å². The van der Waals surface area contributed by atoms with Crippen LogP contribution in [0.4, 0.5) is 5.69 Å². The van der Waals surface area contributed by atoms with Gasteiger partial charge in [0.1, 0.15) is 23.9 Å². The fraction of sp³-hybridized carbons (Fsp3) is 0.190. The smallest absolute Gasteiger partial charge is 0.255 e. The third kappa shape index (κ3) is 4.32. The Labute approximate surface area is 152 Å². The van der Waals surface area contributed by atoms with E-state index in [9.17, 15) is 4.79 Å². The van der Waals surface area contributed by atoms with Crippen molar-refractivity contribution in [3.8, 4) is 17.1 Å². The van der Waals surface area contributed by atoms with E-state index in [1.165, 1.54) is 0 Å². The van der Waals surface area contributed by atoms with Gasteiger partial charge >= 0.3 is 0 Å². The first-order valence-corrected chi connectivity index (χ1v) is 8.43. The van der Waals surface area contributed by atoms with Gasteiger partial charge in [-0.15, -0.1) is 0 Å². The number of benzene rings is 2. The van der Waals surface area contributed by atoms with Gasteiger partial charge in [0.2, 0.25) is 0 Å². The maximum absolute atomic E-state index is 12.3. The number of carbonyl (C=O) groups is 1. The van der Waals surface area contributed by atoms with Crippen molar-refractivity contribution in [3.63, 3.8) is 0 Å². The number of anilines is 1. The first kappa shape index (κ1) is 17.8. The Kier molecular flexibility index (Phi) is 5.39. The van der Waals surface area contributed by atoms with Crippen molar-refractivity contribution < 1.29 is 19.1 Å². The van der Waals surface area contributed by atoms with E-state index in [4.69, 9.17) is 14.3 Å². The highest BCUT2D eigenvalue weighted by Gasteiger charge is 2.08. The zero-order valence-corrected chi connectivity index (χ0v) is 14.7. The van der Waals surface area contributed by atoms with Crippen molar-refractivity contribution in [2.45, 2.75) is 26.6 Å². The number of rotatable bonds is 6. The molecule has 0 aliphatic carbocycles. The van der Waals surface area contributed by atoms with E-state index < -0.39 is 0 Å². The van der Waals surface area contributed by atoms with E-state index in [1.54, 1.807) is 36.4 Å². The minimum Gasteiger partial charge on any atom is -0.491 e. The molecule has 0 spiro atoms. The molecule has 1 amide bonds. The lowest BCUT2D eigenvalue weighted by Gasteiger charge is -2.10. The van der Waals surface area contributed by atoms with Gasteiger partial charge in [-0.1, -0.05) is 0 Å². The number of aliphatic hydroxyl groups is 1. The molecular formula is C21H21NO4. The summed E-state index contributed by atoms with van der Waals surface area (Å²) >= 11 is 0. The largest absolute Gasteiger partial charge is 0.491 e. The second-order valence-electron chi connectivity index (χ2n) is 6.15. The van der Waals surface area contributed by atoms with Gasteiger partial charge in [-0.3, -0.25) is 4.79 Å². The molecule has 3 rings (SSSR count). The van der Waals surface area contributed by atoms with Gasteiger partial charge in [0.05, 0.1) is 6.10 Å². The standard InChI is InChI=1S/C21H21NO4/c1-14(2)25-18-9-5-16(6-10-18)21(24)22-17-7-3-15(4-8-17)20-12-11-19(13-23)26-20/h3-12,14,23H,13H2,1-2H3,(H,22,24). The summed E-state index contributed by atoms with van der Waals surface area (Å²) in [6, 6.07) is 17.9. The minimum atomic E-state index is -0.186. The molecule has 5 heteroatoms. The number of hydrogen-bond donors (Lipinski definition) is 2. The molecule has 0 aliphatic rings. The molecule has 1 aromatic heterocycles. The molecule has 5 nitrogen and oxygen atoms in total. The average Bonchev–Trinajstić information content (AvgIpc) is 3.11. The lowest BCUT2D eigenvalue weighted by atomic mass is 10.1. The summed E-state index contributed by atoms with van der Waals surface area (Å²) in [5.41, 5.74) is 2.12. The number of furan rings is 1. The van der Waals surface area contributed by atoms with Crippen LogP contribution in [0, 0.1) is 0 Å². The number of ether oxygens (including phenoxy) is 1. The summed E-state index contributed by atoms with van der Waals surface area (Å²) in [6.07, 6.45) is 0.0933. The maximum Gasteiger partial charge on any atom is 0.255 e. The van der Waals surface area contributed by atoms with Crippen LogP contribution in [-0.4, -0.2) is 17.1 Å². The van der Waals surface area contributed by atoms with E-state index in [2.05, 4.69) is 5.32 Å². The third-order valence-corrected chi connectivity index (χ3v) is 3.73. The van der Waals surface area contributed by atoms with Crippen LogP contribution in [0.25, 0.3) is 11.3 Å². The Morgan fingerprint density at radius 3 is 2.31 bits per heavy atom. The fourth-order valence-corrected chi connectivity index (χ4v) is 2.50. The van der Waals surface area contributed by atoms with Crippen LogP contribution in [0.15, 0.2) is 65.1 Å². The van der Waals surface area contributed by atoms with Crippen molar-refractivity contribution in [1.82, 2.24) is 0 Å². The number of carbonyl (C=O) groups excluding carboxylic acids is 1. The predicted molar refractivity (Wildman–Crippen MR) is 100 cm³/mol. The molecule has 0 fully saturated rings. The second kappa shape index (κ2) is 7.89. The van der Waals surface area contributed by atoms with Gasteiger partial charge in [0.15, 0.2) is 0 Å². The zero-order chi connectivity index (χ0) is 18.5. The zero-order valence-electron chi connectivity index (χ0n) is 14.7. The van der Waals surface area contributed by atoms with E-state index >= 15 is 0 Å². The maximum atomic E-state index is 12.3. The number of aliphatic hydroxyl groups excluding tert-OH is 1. The Bertz CT molecular complexity index is 864. The SMILES string of the molecule is CC(C)Oc1ccc(C(=O)Nc2ccc(-c3ccc(CO)o3)cc2)cc1. The predicted octanol–water partition coefficient (Wildman–Crippen LogP) is 4.48. The molecule has 0 aliphatic heterocycles. The minimum absolute atomic E-state index is 0.0933. The summed E-state index contributed by atoms with van der Waals surface area (Å²) in [7, 11) is 0. The summed E-state index contributed by atoms with van der Waals surface area (Å²) in [6.45, 7) is 3.78. The molecule has 1 heterocycles. The number of hydrogen-bond acceptors (Lipinski definition) is 4. The highest BCUT2D eigenvalue weighted by molar-refractivity contribution is 6.04. The molecule has 2 aromatic carbocycles. The average molecular weight is 351 g/mol. The number of amides is 1. The van der Waals surface area contributed by atoms with Crippen molar-refractivity contribution in [3.05, 3.63) is 72.0 Å². The molecule has 0 atom stereocenters. The first-order chi connectivity index (χ1) is 12.5. The van der Waals surface area contributed by atoms with Crippen molar-refractivity contribution in [2.75, 3.05) is 5.32 Å². The van der Waals surface area contributed by atoms with Crippen LogP contribution in [0.1, 0.15) is 30.0 Å². The molecule has 0 saturated carbocycles. The van der Waals surface area contributed by atoms with Crippen molar-refractivity contribution in [2.24, 2.45) is 0 Å². The molecule has 0 saturated heterocycles. The molecule has 0 radical (unpaired) electrons. The van der Waals surface area contributed by atoms with Crippen LogP contribution in [0.2, 0.25) is 0 Å². The van der Waals surface area contributed by atoms with Crippen LogP contribution in [0.5, 0.6) is 5.75 Å². The molecule has 2 N–H and O–H groups in total. The highest BCUT2D eigenvalue weighted by Crippen LogP contribution is 2.24. The van der Waals surface area contributed by atoms with E-state index in [-0.39, 0.29) is 18.6 Å². The summed E-state index contributed by atoms with van der Waals surface area (Å²) < 4.78 is 11.1. The Balaban J connectivity index is 1.65. The summed E-state index contributed by atoms with van der Waals surface area (Å²) in [5, 5.41) is 11.9. The molecule has 26 heavy (non-hydrogen) atoms. The molecule has 3 aromatic rings. The quantitative estimate of drug-likeness (QED) is 0.687. The van der Waals surface area contributed by atoms with E-state index in [1.807, 2.05) is 38.1 Å². The molecule has 134 valence electrons. The monoisotopic (exact) mass is 351 g/mol. The summed E-state index contributed by atoms with van der Waals surface area (Å²) in [5.74, 6) is 1.74. The first-order valence-electron chi connectivity index (χ1n) is 8.43. The van der Waals surface area contributed by atoms with E-state index in [0.29, 0.717) is 22.8 Å². The molecule has 0 unspecified atom stereocenters. The fourth-order valence-electron chi connectivity index (χ4n) is 2.50. The third-order valence-electron chi connectivity index (χ3n) is 3.73. The topological polar surface area (TPSA) is 71.7 Å². The van der Waals surface area contributed by atoms with Gasteiger partial charge < -0.3 is 19.6 Å². The van der Waals surface area contributed by atoms with Crippen molar-refractivity contribution >= 4 is 11.6 Å².